The van der Waals surface area contributed by atoms with Crippen LogP contribution in [-0.2, 0) is 0 Å². The lowest BCUT2D eigenvalue weighted by Crippen LogP contribution is -2.46. The second kappa shape index (κ2) is 5.33. The molecule has 100 valence electrons. The first kappa shape index (κ1) is 13.4. The van der Waals surface area contributed by atoms with Crippen molar-refractivity contribution in [2.24, 2.45) is 0 Å². The molecule has 0 unspecified atom stereocenters. The van der Waals surface area contributed by atoms with Crippen LogP contribution in [0, 0.1) is 13.8 Å². The van der Waals surface area contributed by atoms with Crippen LogP contribution < -0.4 is 9.68 Å². The Balaban J connectivity index is 2.05. The Labute approximate surface area is 114 Å². The Kier molecular flexibility index (Phi) is 3.76. The van der Waals surface area contributed by atoms with Crippen LogP contribution in [-0.4, -0.2) is 18.9 Å². The molecule has 0 aliphatic carbocycles. The van der Waals surface area contributed by atoms with Gasteiger partial charge in [-0.2, -0.15) is 0 Å². The van der Waals surface area contributed by atoms with E-state index in [1.54, 1.807) is 0 Å². The average molecular weight is 258 g/mol. The van der Waals surface area contributed by atoms with Gasteiger partial charge in [-0.3, -0.25) is 9.68 Å². The van der Waals surface area contributed by atoms with E-state index in [1.165, 1.54) is 11.1 Å². The van der Waals surface area contributed by atoms with E-state index in [4.69, 9.17) is 9.68 Å². The zero-order valence-corrected chi connectivity index (χ0v) is 11.9. The van der Waals surface area contributed by atoms with E-state index in [0.29, 0.717) is 0 Å². The SMILES string of the molecule is Cc1ccc(O[N+](C)(C)Oc2ccc(C)cc2)cc1. The molecule has 3 nitrogen and oxygen atoms in total. The molecule has 0 radical (unpaired) electrons. The monoisotopic (exact) mass is 258 g/mol. The topological polar surface area (TPSA) is 18.5 Å². The third-order valence-electron chi connectivity index (χ3n) is 2.69. The first-order chi connectivity index (χ1) is 8.94. The van der Waals surface area contributed by atoms with E-state index < -0.39 is 0 Å². The van der Waals surface area contributed by atoms with E-state index in [1.807, 2.05) is 76.5 Å². The standard InChI is InChI=1S/C16H20NO2/c1-13-5-9-15(10-6-13)18-17(3,4)19-16-11-7-14(2)8-12-16/h5-12H,1-4H3/q+1. The normalized spacial score (nSPS) is 11.2. The molecule has 2 aromatic carbocycles. The minimum absolute atomic E-state index is 0.0217. The molecule has 2 aromatic rings. The van der Waals surface area contributed by atoms with Gasteiger partial charge >= 0.3 is 0 Å². The molecule has 0 saturated carbocycles. The highest BCUT2D eigenvalue weighted by molar-refractivity contribution is 5.26. The fourth-order valence-electron chi connectivity index (χ4n) is 1.72. The van der Waals surface area contributed by atoms with E-state index in [9.17, 15) is 0 Å². The maximum Gasteiger partial charge on any atom is 0.195 e. The molecule has 19 heavy (non-hydrogen) atoms. The summed E-state index contributed by atoms with van der Waals surface area (Å²) in [6.45, 7) is 4.10. The lowest BCUT2D eigenvalue weighted by Gasteiger charge is -2.24. The zero-order valence-electron chi connectivity index (χ0n) is 11.9. The summed E-state index contributed by atoms with van der Waals surface area (Å²) in [4.78, 5) is 11.6. The number of aryl methyl sites for hydroxylation is 2. The van der Waals surface area contributed by atoms with Gasteiger partial charge in [0.05, 0.1) is 0 Å². The first-order valence-corrected chi connectivity index (χ1v) is 6.31. The van der Waals surface area contributed by atoms with Gasteiger partial charge in [-0.1, -0.05) is 35.4 Å². The van der Waals surface area contributed by atoms with Crippen molar-refractivity contribution in [3.63, 3.8) is 0 Å². The summed E-state index contributed by atoms with van der Waals surface area (Å²) in [6.07, 6.45) is 0. The van der Waals surface area contributed by atoms with Gasteiger partial charge in [0, 0.05) is 4.81 Å². The highest BCUT2D eigenvalue weighted by Gasteiger charge is 2.21. The summed E-state index contributed by atoms with van der Waals surface area (Å²) < 4.78 is 0. The molecule has 0 amide bonds. The summed E-state index contributed by atoms with van der Waals surface area (Å²) in [5.74, 6) is 1.56. The number of hydroxylamine groups is 4. The Bertz CT molecular complexity index is 480. The molecule has 0 atom stereocenters. The predicted octanol–water partition coefficient (Wildman–Crippen LogP) is 3.67. The first-order valence-electron chi connectivity index (χ1n) is 6.31. The van der Waals surface area contributed by atoms with Crippen molar-refractivity contribution in [1.29, 1.82) is 0 Å². The molecule has 0 spiro atoms. The second-order valence-electron chi connectivity index (χ2n) is 5.06. The van der Waals surface area contributed by atoms with Crippen LogP contribution in [0.5, 0.6) is 11.5 Å². The van der Waals surface area contributed by atoms with Gasteiger partial charge < -0.3 is 0 Å². The average Bonchev–Trinajstić information content (AvgIpc) is 2.34. The van der Waals surface area contributed by atoms with E-state index in [-0.39, 0.29) is 4.81 Å². The van der Waals surface area contributed by atoms with Crippen molar-refractivity contribution in [3.05, 3.63) is 59.7 Å². The summed E-state index contributed by atoms with van der Waals surface area (Å²) in [7, 11) is 3.69. The van der Waals surface area contributed by atoms with Crippen molar-refractivity contribution in [2.75, 3.05) is 14.1 Å². The third-order valence-corrected chi connectivity index (χ3v) is 2.69. The third kappa shape index (κ3) is 4.00. The van der Waals surface area contributed by atoms with Crippen molar-refractivity contribution in [3.8, 4) is 11.5 Å². The van der Waals surface area contributed by atoms with Crippen LogP contribution in [0.25, 0.3) is 0 Å². The zero-order chi connectivity index (χ0) is 13.9. The van der Waals surface area contributed by atoms with Gasteiger partial charge in [-0.05, 0) is 38.1 Å². The molecule has 0 aliphatic heterocycles. The quantitative estimate of drug-likeness (QED) is 0.615. The fraction of sp³-hybridized carbons (Fsp3) is 0.250. The Hall–Kier alpha value is -2.00. The number of nitrogens with zero attached hydrogens (tertiary/aromatic N) is 1. The van der Waals surface area contributed by atoms with Crippen molar-refractivity contribution in [1.82, 2.24) is 0 Å². The van der Waals surface area contributed by atoms with Gasteiger partial charge in [-0.25, -0.2) is 0 Å². The van der Waals surface area contributed by atoms with E-state index in [2.05, 4.69) is 0 Å². The molecule has 0 saturated heterocycles. The summed E-state index contributed by atoms with van der Waals surface area (Å²) in [5.41, 5.74) is 2.41. The Morgan fingerprint density at radius 1 is 0.632 bits per heavy atom. The Morgan fingerprint density at radius 2 is 0.947 bits per heavy atom. The maximum atomic E-state index is 5.81. The van der Waals surface area contributed by atoms with Gasteiger partial charge in [-0.15, -0.1) is 0 Å². The minimum Gasteiger partial charge on any atom is -0.271 e. The molecule has 0 N–H and O–H groups in total. The lowest BCUT2D eigenvalue weighted by molar-refractivity contribution is -1.18. The second-order valence-corrected chi connectivity index (χ2v) is 5.06. The van der Waals surface area contributed by atoms with Gasteiger partial charge in [0.25, 0.3) is 0 Å². The largest absolute Gasteiger partial charge is 0.271 e. The Morgan fingerprint density at radius 3 is 1.26 bits per heavy atom. The minimum atomic E-state index is -0.0217. The van der Waals surface area contributed by atoms with Crippen LogP contribution in [0.15, 0.2) is 48.5 Å². The molecule has 3 heteroatoms. The van der Waals surface area contributed by atoms with Gasteiger partial charge in [0.1, 0.15) is 0 Å². The van der Waals surface area contributed by atoms with E-state index in [0.717, 1.165) is 11.5 Å². The summed E-state index contributed by atoms with van der Waals surface area (Å²) in [5, 5.41) is 0. The van der Waals surface area contributed by atoms with Crippen LogP contribution in [0.4, 0.5) is 0 Å². The molecule has 0 fully saturated rings. The number of hydrogen-bond donors (Lipinski definition) is 0. The van der Waals surface area contributed by atoms with E-state index >= 15 is 0 Å². The smallest absolute Gasteiger partial charge is 0.195 e. The van der Waals surface area contributed by atoms with Gasteiger partial charge in [0.15, 0.2) is 25.6 Å². The lowest BCUT2D eigenvalue weighted by atomic mass is 10.2. The van der Waals surface area contributed by atoms with Crippen LogP contribution in [0.1, 0.15) is 11.1 Å². The number of quaternary nitrogens is 1. The molecule has 2 rings (SSSR count). The van der Waals surface area contributed by atoms with Crippen molar-refractivity contribution < 1.29 is 14.5 Å². The summed E-state index contributed by atoms with van der Waals surface area (Å²) >= 11 is 0. The molecular weight excluding hydrogens is 238 g/mol. The summed E-state index contributed by atoms with van der Waals surface area (Å²) in [6, 6.07) is 15.8. The predicted molar refractivity (Wildman–Crippen MR) is 75.7 cm³/mol. The molecular formula is C16H20NO2+. The highest BCUT2D eigenvalue weighted by atomic mass is 17.0. The van der Waals surface area contributed by atoms with Crippen molar-refractivity contribution in [2.45, 2.75) is 13.8 Å². The maximum absolute atomic E-state index is 5.81. The fourth-order valence-corrected chi connectivity index (χ4v) is 1.72. The highest BCUT2D eigenvalue weighted by Crippen LogP contribution is 2.19. The molecule has 0 bridgehead atoms. The van der Waals surface area contributed by atoms with Crippen LogP contribution >= 0.6 is 0 Å². The van der Waals surface area contributed by atoms with Crippen LogP contribution in [0.2, 0.25) is 0 Å². The molecule has 0 aromatic heterocycles. The number of rotatable bonds is 4. The molecule has 0 aliphatic rings. The number of hydrogen-bond acceptors (Lipinski definition) is 2. The van der Waals surface area contributed by atoms with Gasteiger partial charge in [0.2, 0.25) is 0 Å². The van der Waals surface area contributed by atoms with Crippen molar-refractivity contribution >= 4 is 0 Å². The number of benzene rings is 2. The molecule has 0 heterocycles. The van der Waals surface area contributed by atoms with Crippen LogP contribution in [0.3, 0.4) is 0 Å².